The van der Waals surface area contributed by atoms with Crippen LogP contribution in [0, 0.1) is 17.8 Å². The zero-order valence-corrected chi connectivity index (χ0v) is 15.0. The molecule has 3 heteroatoms. The van der Waals surface area contributed by atoms with Crippen molar-refractivity contribution >= 4 is 0 Å². The summed E-state index contributed by atoms with van der Waals surface area (Å²) in [7, 11) is 0. The summed E-state index contributed by atoms with van der Waals surface area (Å²) in [6.45, 7) is 5.95. The normalized spacial score (nSPS) is 47.9. The van der Waals surface area contributed by atoms with Gasteiger partial charge in [-0.15, -0.1) is 0 Å². The highest BCUT2D eigenvalue weighted by atomic mass is 16.5. The van der Waals surface area contributed by atoms with Crippen molar-refractivity contribution in [3.8, 4) is 0 Å². The van der Waals surface area contributed by atoms with E-state index in [9.17, 15) is 5.11 Å². The minimum Gasteiger partial charge on any atom is -0.389 e. The Hall–Kier alpha value is -0.120. The van der Waals surface area contributed by atoms with Crippen LogP contribution in [0.5, 0.6) is 0 Å². The van der Waals surface area contributed by atoms with Gasteiger partial charge >= 0.3 is 0 Å². The maximum absolute atomic E-state index is 10.6. The third kappa shape index (κ3) is 3.34. The molecule has 1 N–H and O–H groups in total. The third-order valence-corrected chi connectivity index (χ3v) is 7.36. The molecular formula is C20H35NO2. The smallest absolute Gasteiger partial charge is 0.0900 e. The van der Waals surface area contributed by atoms with E-state index in [0.29, 0.717) is 18.7 Å². The number of likely N-dealkylation sites (tertiary alicyclic amines) is 1. The van der Waals surface area contributed by atoms with E-state index in [1.807, 2.05) is 0 Å². The van der Waals surface area contributed by atoms with Gasteiger partial charge in [0.15, 0.2) is 0 Å². The Morgan fingerprint density at radius 3 is 2.04 bits per heavy atom. The predicted molar refractivity (Wildman–Crippen MR) is 92.3 cm³/mol. The van der Waals surface area contributed by atoms with E-state index in [2.05, 4.69) is 18.7 Å². The summed E-state index contributed by atoms with van der Waals surface area (Å²) < 4.78 is 6.44. The summed E-state index contributed by atoms with van der Waals surface area (Å²) in [5.41, 5.74) is 0.134. The fraction of sp³-hybridized carbons (Fsp3) is 1.00. The number of rotatable bonds is 5. The van der Waals surface area contributed by atoms with Crippen molar-refractivity contribution in [1.29, 1.82) is 0 Å². The molecule has 3 nitrogen and oxygen atoms in total. The molecule has 1 saturated heterocycles. The lowest BCUT2D eigenvalue weighted by Gasteiger charge is -2.56. The number of β-amino-alcohol motifs (C(OH)–C–C–N with tert-alkyl or cyclic N) is 1. The highest BCUT2D eigenvalue weighted by Crippen LogP contribution is 2.57. The average Bonchev–Trinajstić information content (AvgIpc) is 2.48. The first-order valence-corrected chi connectivity index (χ1v) is 10.1. The van der Waals surface area contributed by atoms with Gasteiger partial charge in [-0.25, -0.2) is 0 Å². The topological polar surface area (TPSA) is 32.7 Å². The molecule has 5 aliphatic rings. The zero-order valence-electron chi connectivity index (χ0n) is 15.0. The molecule has 5 rings (SSSR count). The van der Waals surface area contributed by atoms with Crippen LogP contribution >= 0.6 is 0 Å². The van der Waals surface area contributed by atoms with Crippen LogP contribution in [0.1, 0.15) is 71.6 Å². The number of nitrogens with zero attached hydrogens (tertiary/aromatic N) is 1. The average molecular weight is 322 g/mol. The van der Waals surface area contributed by atoms with E-state index < -0.39 is 0 Å². The maximum Gasteiger partial charge on any atom is 0.0900 e. The second-order valence-electron chi connectivity index (χ2n) is 9.39. The van der Waals surface area contributed by atoms with Crippen molar-refractivity contribution in [3.63, 3.8) is 0 Å². The number of piperidine rings is 1. The van der Waals surface area contributed by atoms with Crippen LogP contribution in [0.4, 0.5) is 0 Å². The Bertz CT molecular complexity index is 379. The van der Waals surface area contributed by atoms with Crippen molar-refractivity contribution in [2.24, 2.45) is 17.8 Å². The Balaban J connectivity index is 1.30. The van der Waals surface area contributed by atoms with E-state index in [-0.39, 0.29) is 11.7 Å². The molecule has 4 saturated carbocycles. The minimum atomic E-state index is -0.328. The molecule has 4 bridgehead atoms. The molecule has 5 fully saturated rings. The van der Waals surface area contributed by atoms with E-state index in [0.717, 1.165) is 24.3 Å². The molecular weight excluding hydrogens is 286 g/mol. The molecule has 0 unspecified atom stereocenters. The van der Waals surface area contributed by atoms with Gasteiger partial charge in [0, 0.05) is 18.6 Å². The SMILES string of the molecule is C[C@@H]1CCC[C@H](C)N1C[C@H](O)COC12CC3CC(CC(C3)C1)C2. The molecule has 0 aromatic rings. The molecule has 1 heterocycles. The van der Waals surface area contributed by atoms with Crippen molar-refractivity contribution in [2.45, 2.75) is 95.4 Å². The van der Waals surface area contributed by atoms with Gasteiger partial charge < -0.3 is 9.84 Å². The van der Waals surface area contributed by atoms with Gasteiger partial charge in [0.2, 0.25) is 0 Å². The van der Waals surface area contributed by atoms with Crippen molar-refractivity contribution in [2.75, 3.05) is 13.2 Å². The molecule has 3 atom stereocenters. The second kappa shape index (κ2) is 6.31. The van der Waals surface area contributed by atoms with Crippen molar-refractivity contribution in [1.82, 2.24) is 4.90 Å². The van der Waals surface area contributed by atoms with E-state index in [1.54, 1.807) is 0 Å². The van der Waals surface area contributed by atoms with Gasteiger partial charge in [0.1, 0.15) is 0 Å². The van der Waals surface area contributed by atoms with Gasteiger partial charge in [-0.05, 0) is 83.0 Å². The molecule has 4 aliphatic carbocycles. The Kier molecular flexibility index (Phi) is 4.49. The molecule has 0 aromatic carbocycles. The van der Waals surface area contributed by atoms with Crippen LogP contribution in [0.15, 0.2) is 0 Å². The molecule has 1 aliphatic heterocycles. The van der Waals surface area contributed by atoms with E-state index in [4.69, 9.17) is 4.74 Å². The lowest BCUT2D eigenvalue weighted by molar-refractivity contribution is -0.177. The van der Waals surface area contributed by atoms with E-state index >= 15 is 0 Å². The first-order chi connectivity index (χ1) is 11.0. The van der Waals surface area contributed by atoms with Gasteiger partial charge in [0.05, 0.1) is 18.3 Å². The van der Waals surface area contributed by atoms with Crippen LogP contribution in [0.2, 0.25) is 0 Å². The first-order valence-electron chi connectivity index (χ1n) is 10.1. The quantitative estimate of drug-likeness (QED) is 0.840. The molecule has 0 aromatic heterocycles. The number of aliphatic hydroxyl groups excluding tert-OH is 1. The molecule has 0 spiro atoms. The molecule has 23 heavy (non-hydrogen) atoms. The summed E-state index contributed by atoms with van der Waals surface area (Å²) >= 11 is 0. The first kappa shape index (κ1) is 16.4. The summed E-state index contributed by atoms with van der Waals surface area (Å²) in [4.78, 5) is 2.50. The summed E-state index contributed by atoms with van der Waals surface area (Å²) in [5, 5.41) is 10.6. The van der Waals surface area contributed by atoms with Crippen LogP contribution in [-0.2, 0) is 4.74 Å². The van der Waals surface area contributed by atoms with Crippen molar-refractivity contribution < 1.29 is 9.84 Å². The molecule has 0 amide bonds. The largest absolute Gasteiger partial charge is 0.389 e. The Labute approximate surface area is 141 Å². The van der Waals surface area contributed by atoms with Crippen LogP contribution < -0.4 is 0 Å². The Morgan fingerprint density at radius 2 is 1.52 bits per heavy atom. The molecule has 0 radical (unpaired) electrons. The number of hydrogen-bond donors (Lipinski definition) is 1. The fourth-order valence-corrected chi connectivity index (χ4v) is 6.61. The highest BCUT2D eigenvalue weighted by Gasteiger charge is 2.51. The number of aliphatic hydroxyl groups is 1. The van der Waals surface area contributed by atoms with Crippen molar-refractivity contribution in [3.05, 3.63) is 0 Å². The summed E-state index contributed by atoms with van der Waals surface area (Å²) in [5.74, 6) is 2.75. The fourth-order valence-electron chi connectivity index (χ4n) is 6.61. The van der Waals surface area contributed by atoms with Crippen LogP contribution in [0.3, 0.4) is 0 Å². The maximum atomic E-state index is 10.6. The summed E-state index contributed by atoms with van der Waals surface area (Å²) in [6.07, 6.45) is 11.7. The number of ether oxygens (including phenoxy) is 1. The van der Waals surface area contributed by atoms with E-state index in [1.165, 1.54) is 57.8 Å². The van der Waals surface area contributed by atoms with Gasteiger partial charge in [0.25, 0.3) is 0 Å². The number of hydrogen-bond acceptors (Lipinski definition) is 3. The highest BCUT2D eigenvalue weighted by molar-refractivity contribution is 5.03. The minimum absolute atomic E-state index is 0.134. The third-order valence-electron chi connectivity index (χ3n) is 7.36. The van der Waals surface area contributed by atoms with Gasteiger partial charge in [-0.1, -0.05) is 6.42 Å². The van der Waals surface area contributed by atoms with Gasteiger partial charge in [-0.3, -0.25) is 4.90 Å². The van der Waals surface area contributed by atoms with Crippen LogP contribution in [-0.4, -0.2) is 46.9 Å². The van der Waals surface area contributed by atoms with Crippen LogP contribution in [0.25, 0.3) is 0 Å². The van der Waals surface area contributed by atoms with Gasteiger partial charge in [-0.2, -0.15) is 0 Å². The standard InChI is InChI=1S/C20H35NO2/c1-14-4-3-5-15(2)21(14)12-19(22)13-23-20-9-16-6-17(10-20)8-18(7-16)11-20/h14-19,22H,3-13H2,1-2H3/t14-,15+,16?,17?,18?,19-,20?/m0/s1. The summed E-state index contributed by atoms with van der Waals surface area (Å²) in [6, 6.07) is 1.21. The second-order valence-corrected chi connectivity index (χ2v) is 9.39. The lowest BCUT2D eigenvalue weighted by atomic mass is 9.54. The molecule has 132 valence electrons. The Morgan fingerprint density at radius 1 is 1.00 bits per heavy atom. The monoisotopic (exact) mass is 321 g/mol. The zero-order chi connectivity index (χ0) is 16.0. The predicted octanol–water partition coefficient (Wildman–Crippen LogP) is 3.60. The lowest BCUT2D eigenvalue weighted by Crippen LogP contribution is -2.53.